The van der Waals surface area contributed by atoms with Gasteiger partial charge < -0.3 is 24.8 Å². The third-order valence-corrected chi connectivity index (χ3v) is 5.68. The van der Waals surface area contributed by atoms with Crippen molar-refractivity contribution < 1.29 is 24.2 Å². The first-order valence-corrected chi connectivity index (χ1v) is 12.1. The van der Waals surface area contributed by atoms with Crippen LogP contribution in [0.5, 0.6) is 5.88 Å². The number of rotatable bonds is 9. The van der Waals surface area contributed by atoms with Gasteiger partial charge in [0.05, 0.1) is 31.1 Å². The number of fused-ring (bicyclic) bond motifs is 4. The number of nitrogens with one attached hydrogen (secondary N) is 2. The van der Waals surface area contributed by atoms with Gasteiger partial charge in [-0.2, -0.15) is 4.98 Å². The lowest BCUT2D eigenvalue weighted by Crippen LogP contribution is -2.56. The van der Waals surface area contributed by atoms with Crippen LogP contribution in [0.1, 0.15) is 50.7 Å². The zero-order chi connectivity index (χ0) is 25.7. The highest BCUT2D eigenvalue weighted by Gasteiger charge is 2.39. The van der Waals surface area contributed by atoms with E-state index < -0.39 is 17.7 Å². The van der Waals surface area contributed by atoms with Crippen molar-refractivity contribution in [3.63, 3.8) is 0 Å². The van der Waals surface area contributed by atoms with E-state index >= 15 is 0 Å². The number of carbonyl (C=O) groups is 2. The molecule has 36 heavy (non-hydrogen) atoms. The van der Waals surface area contributed by atoms with Gasteiger partial charge in [-0.3, -0.25) is 15.0 Å². The van der Waals surface area contributed by atoms with E-state index in [-0.39, 0.29) is 17.8 Å². The average molecular weight is 501 g/mol. The molecule has 0 saturated carbocycles. The number of aliphatic hydroxyl groups is 1. The zero-order valence-corrected chi connectivity index (χ0v) is 20.7. The lowest BCUT2D eigenvalue weighted by Gasteiger charge is -2.45. The Labute approximate surface area is 209 Å². The van der Waals surface area contributed by atoms with Gasteiger partial charge in [-0.1, -0.05) is 0 Å². The molecule has 1 fully saturated rings. The summed E-state index contributed by atoms with van der Waals surface area (Å²) in [4.78, 5) is 46.5. The van der Waals surface area contributed by atoms with Crippen LogP contribution in [-0.2, 0) is 4.74 Å². The van der Waals surface area contributed by atoms with Crippen molar-refractivity contribution in [2.24, 2.45) is 0 Å². The maximum atomic E-state index is 13.4. The third-order valence-electron chi connectivity index (χ3n) is 5.68. The molecule has 3 amide bonds. The van der Waals surface area contributed by atoms with Crippen molar-refractivity contribution >= 4 is 29.4 Å². The second-order valence-corrected chi connectivity index (χ2v) is 9.02. The van der Waals surface area contributed by atoms with Crippen molar-refractivity contribution in [2.45, 2.75) is 51.9 Å². The first-order chi connectivity index (χ1) is 17.2. The van der Waals surface area contributed by atoms with E-state index in [1.807, 2.05) is 6.92 Å². The molecular weight excluding hydrogens is 468 g/mol. The predicted octanol–water partition coefficient (Wildman–Crippen LogP) is 1.55. The normalized spacial score (nSPS) is 16.8. The van der Waals surface area contributed by atoms with E-state index in [2.05, 4.69) is 35.5 Å². The minimum absolute atomic E-state index is 0.00906. The zero-order valence-electron chi connectivity index (χ0n) is 20.7. The van der Waals surface area contributed by atoms with E-state index in [0.717, 1.165) is 19.4 Å². The highest BCUT2D eigenvalue weighted by molar-refractivity contribution is 6.04. The van der Waals surface area contributed by atoms with Gasteiger partial charge in [0, 0.05) is 38.3 Å². The molecule has 1 saturated heterocycles. The number of hydrogen-bond acceptors (Lipinski definition) is 10. The molecule has 13 heteroatoms. The SMILES string of the molecule is CCNC(=O)c1ncc2c(n1)N(C(=O)Nc1nccc(OCCCOC(C)(C)O)n1)C1CCCN2C1. The van der Waals surface area contributed by atoms with Gasteiger partial charge in [0.25, 0.3) is 5.91 Å². The van der Waals surface area contributed by atoms with Crippen molar-refractivity contribution in [1.82, 2.24) is 25.3 Å². The number of carbonyl (C=O) groups excluding carboxylic acids is 2. The van der Waals surface area contributed by atoms with E-state index in [1.54, 1.807) is 31.0 Å². The van der Waals surface area contributed by atoms with E-state index in [0.29, 0.717) is 50.1 Å². The number of nitrogens with zero attached hydrogens (tertiary/aromatic N) is 6. The molecule has 4 rings (SSSR count). The Morgan fingerprint density at radius 1 is 1.25 bits per heavy atom. The Bertz CT molecular complexity index is 1090. The topological polar surface area (TPSA) is 155 Å². The average Bonchev–Trinajstić information content (AvgIpc) is 2.83. The fourth-order valence-electron chi connectivity index (χ4n) is 4.13. The van der Waals surface area contributed by atoms with Gasteiger partial charge in [-0.05, 0) is 33.6 Å². The quantitative estimate of drug-likeness (QED) is 0.341. The lowest BCUT2D eigenvalue weighted by atomic mass is 10.0. The molecule has 2 aromatic heterocycles. The van der Waals surface area contributed by atoms with Crippen LogP contribution in [0.4, 0.5) is 22.2 Å². The van der Waals surface area contributed by atoms with E-state index in [9.17, 15) is 14.7 Å². The van der Waals surface area contributed by atoms with Crippen LogP contribution in [0, 0.1) is 0 Å². The first-order valence-electron chi connectivity index (χ1n) is 12.1. The van der Waals surface area contributed by atoms with Gasteiger partial charge in [0.15, 0.2) is 11.6 Å². The highest BCUT2D eigenvalue weighted by atomic mass is 16.6. The second kappa shape index (κ2) is 11.0. The molecular formula is C23H32N8O5. The van der Waals surface area contributed by atoms with Gasteiger partial charge >= 0.3 is 6.03 Å². The monoisotopic (exact) mass is 500 g/mol. The van der Waals surface area contributed by atoms with E-state index in [4.69, 9.17) is 9.47 Å². The Morgan fingerprint density at radius 2 is 2.08 bits per heavy atom. The Hall–Kier alpha value is -3.58. The molecule has 2 aromatic rings. The summed E-state index contributed by atoms with van der Waals surface area (Å²) in [5.74, 6) is -0.808. The van der Waals surface area contributed by atoms with Crippen LogP contribution < -0.4 is 25.2 Å². The summed E-state index contributed by atoms with van der Waals surface area (Å²) >= 11 is 0. The van der Waals surface area contributed by atoms with Crippen molar-refractivity contribution in [3.8, 4) is 5.88 Å². The molecule has 2 bridgehead atoms. The van der Waals surface area contributed by atoms with E-state index in [1.165, 1.54) is 6.20 Å². The third kappa shape index (κ3) is 6.15. The summed E-state index contributed by atoms with van der Waals surface area (Å²) in [6.45, 7) is 7.51. The van der Waals surface area contributed by atoms with Gasteiger partial charge in [0.2, 0.25) is 17.7 Å². The Morgan fingerprint density at radius 3 is 2.86 bits per heavy atom. The molecule has 0 radical (unpaired) electrons. The molecule has 13 nitrogen and oxygen atoms in total. The maximum absolute atomic E-state index is 13.4. The summed E-state index contributed by atoms with van der Waals surface area (Å²) in [6.07, 6.45) is 5.37. The molecule has 194 valence electrons. The smallest absolute Gasteiger partial charge is 0.330 e. The summed E-state index contributed by atoms with van der Waals surface area (Å²) in [7, 11) is 0. The number of anilines is 3. The number of urea groups is 1. The van der Waals surface area contributed by atoms with Crippen LogP contribution in [0.15, 0.2) is 18.5 Å². The summed E-state index contributed by atoms with van der Waals surface area (Å²) in [5, 5.41) is 15.0. The number of hydrogen-bond donors (Lipinski definition) is 3. The van der Waals surface area contributed by atoms with Crippen LogP contribution >= 0.6 is 0 Å². The van der Waals surface area contributed by atoms with Crippen LogP contribution in [0.2, 0.25) is 0 Å². The van der Waals surface area contributed by atoms with Gasteiger partial charge in [-0.15, -0.1) is 0 Å². The van der Waals surface area contributed by atoms with Crippen LogP contribution in [0.25, 0.3) is 0 Å². The van der Waals surface area contributed by atoms with Crippen molar-refractivity contribution in [2.75, 3.05) is 48.0 Å². The molecule has 0 aliphatic carbocycles. The minimum atomic E-state index is -1.19. The fraction of sp³-hybridized carbons (Fsp3) is 0.565. The van der Waals surface area contributed by atoms with Crippen LogP contribution in [-0.4, -0.2) is 81.7 Å². The maximum Gasteiger partial charge on any atom is 0.330 e. The molecule has 0 spiro atoms. The second-order valence-electron chi connectivity index (χ2n) is 9.02. The molecule has 0 aromatic carbocycles. The minimum Gasteiger partial charge on any atom is -0.477 e. The number of piperidine rings is 1. The molecule has 3 N–H and O–H groups in total. The molecule has 4 heterocycles. The van der Waals surface area contributed by atoms with Gasteiger partial charge in [-0.25, -0.2) is 19.7 Å². The summed E-state index contributed by atoms with van der Waals surface area (Å²) < 4.78 is 10.9. The molecule has 2 aliphatic heterocycles. The number of aromatic nitrogens is 4. The largest absolute Gasteiger partial charge is 0.477 e. The molecule has 1 unspecified atom stereocenters. The number of amides is 3. The van der Waals surface area contributed by atoms with Crippen molar-refractivity contribution in [3.05, 3.63) is 24.3 Å². The lowest BCUT2D eigenvalue weighted by molar-refractivity contribution is -0.176. The number of ether oxygens (including phenoxy) is 2. The summed E-state index contributed by atoms with van der Waals surface area (Å²) in [5.41, 5.74) is 0.709. The highest BCUT2D eigenvalue weighted by Crippen LogP contribution is 2.37. The Kier molecular flexibility index (Phi) is 7.79. The standard InChI is InChI=1S/C23H32N8O5/c1-4-24-20(32)18-26-13-16-19(28-18)31(15-7-5-10-30(16)14-15)22(33)29-21-25-9-8-17(27-21)35-11-6-12-36-23(2,3)34/h8-9,13,15,34H,4-7,10-12,14H2,1-3H3,(H,24,32)(H,25,27,29,33). The van der Waals surface area contributed by atoms with Gasteiger partial charge in [0.1, 0.15) is 0 Å². The Balaban J connectivity index is 1.47. The first kappa shape index (κ1) is 25.5. The summed E-state index contributed by atoms with van der Waals surface area (Å²) in [6, 6.07) is 1.03. The van der Waals surface area contributed by atoms with Crippen LogP contribution in [0.3, 0.4) is 0 Å². The van der Waals surface area contributed by atoms with Crippen molar-refractivity contribution in [1.29, 1.82) is 0 Å². The molecule has 1 atom stereocenters. The fourth-order valence-corrected chi connectivity index (χ4v) is 4.13. The predicted molar refractivity (Wildman–Crippen MR) is 131 cm³/mol. The molecule has 2 aliphatic rings.